The summed E-state index contributed by atoms with van der Waals surface area (Å²) >= 11 is 0. The zero-order valence-corrected chi connectivity index (χ0v) is 10.3. The number of rotatable bonds is 1. The third kappa shape index (κ3) is 9.53. The van der Waals surface area contributed by atoms with Gasteiger partial charge in [0, 0.05) is 0 Å². The molecule has 5 nitrogen and oxygen atoms in total. The van der Waals surface area contributed by atoms with E-state index in [9.17, 15) is 9.90 Å². The Morgan fingerprint density at radius 1 is 0.950 bits per heavy atom. The maximum absolute atomic E-state index is 10.3. The van der Waals surface area contributed by atoms with Crippen LogP contribution in [-0.4, -0.2) is 18.2 Å². The summed E-state index contributed by atoms with van der Waals surface area (Å²) in [6, 6.07) is 11.8. The first-order valence-electron chi connectivity index (χ1n) is 5.51. The van der Waals surface area contributed by atoms with Gasteiger partial charge in [-0.05, 0) is 6.08 Å². The van der Waals surface area contributed by atoms with Crippen molar-refractivity contribution in [1.82, 2.24) is 0 Å². The predicted octanol–water partition coefficient (Wildman–Crippen LogP) is -0.172. The highest BCUT2D eigenvalue weighted by atomic mass is 16.4. The Morgan fingerprint density at radius 3 is 1.55 bits per heavy atom. The number of allylic oxidation sites excluding steroid dienone is 2. The molecular formula is C15H19NO4. The SMILES string of the molecule is C.O=C=O.[NH3+]C1C=CC=CC1C(=O)[O-].c1ccccc1. The van der Waals surface area contributed by atoms with Crippen molar-refractivity contribution in [3.63, 3.8) is 0 Å². The van der Waals surface area contributed by atoms with Gasteiger partial charge in [0.1, 0.15) is 6.04 Å². The number of carbonyl (C=O) groups excluding carboxylic acids is 3. The third-order valence-electron chi connectivity index (χ3n) is 2.19. The quantitative estimate of drug-likeness (QED) is 0.769. The molecule has 0 aliphatic heterocycles. The van der Waals surface area contributed by atoms with E-state index in [1.54, 1.807) is 24.3 Å². The van der Waals surface area contributed by atoms with Gasteiger partial charge in [0.05, 0.1) is 11.9 Å². The van der Waals surface area contributed by atoms with Crippen LogP contribution in [0, 0.1) is 5.92 Å². The van der Waals surface area contributed by atoms with E-state index in [2.05, 4.69) is 5.73 Å². The molecule has 0 aromatic heterocycles. The van der Waals surface area contributed by atoms with Gasteiger partial charge in [-0.2, -0.15) is 9.59 Å². The summed E-state index contributed by atoms with van der Waals surface area (Å²) in [5.41, 5.74) is 3.64. The highest BCUT2D eigenvalue weighted by Gasteiger charge is 2.17. The molecule has 0 bridgehead atoms. The van der Waals surface area contributed by atoms with Crippen molar-refractivity contribution in [3.8, 4) is 0 Å². The number of hydrogen-bond acceptors (Lipinski definition) is 4. The Hall–Kier alpha value is -2.49. The van der Waals surface area contributed by atoms with E-state index >= 15 is 0 Å². The topological polar surface area (TPSA) is 102 Å². The van der Waals surface area contributed by atoms with Crippen LogP contribution < -0.4 is 10.8 Å². The molecule has 0 radical (unpaired) electrons. The summed E-state index contributed by atoms with van der Waals surface area (Å²) < 4.78 is 0. The maximum Gasteiger partial charge on any atom is 0.373 e. The van der Waals surface area contributed by atoms with E-state index in [0.29, 0.717) is 0 Å². The van der Waals surface area contributed by atoms with Crippen molar-refractivity contribution in [2.24, 2.45) is 5.92 Å². The normalized spacial score (nSPS) is 18.1. The third-order valence-corrected chi connectivity index (χ3v) is 2.19. The highest BCUT2D eigenvalue weighted by Crippen LogP contribution is 2.07. The zero-order chi connectivity index (χ0) is 14.5. The first kappa shape index (κ1) is 19.8. The van der Waals surface area contributed by atoms with Gasteiger partial charge < -0.3 is 15.6 Å². The molecule has 20 heavy (non-hydrogen) atoms. The van der Waals surface area contributed by atoms with Crippen molar-refractivity contribution in [1.29, 1.82) is 0 Å². The Balaban J connectivity index is 0. The molecule has 1 aliphatic carbocycles. The minimum absolute atomic E-state index is 0. The Kier molecular flexibility index (Phi) is 12.9. The Morgan fingerprint density at radius 2 is 1.30 bits per heavy atom. The molecule has 0 saturated heterocycles. The van der Waals surface area contributed by atoms with Gasteiger partial charge in [0.25, 0.3) is 0 Å². The van der Waals surface area contributed by atoms with Crippen molar-refractivity contribution >= 4 is 12.1 Å². The lowest BCUT2D eigenvalue weighted by Crippen LogP contribution is -2.65. The standard InChI is InChI=1S/C7H9NO2.C6H6.CO2.CH4/c8-6-4-2-1-3-5(6)7(9)10;1-2-4-6-5-3-1;2-1-3;/h1-6H,8H2,(H,9,10);1-6H;;1H4. The van der Waals surface area contributed by atoms with Crippen molar-refractivity contribution in [2.45, 2.75) is 13.5 Å². The molecule has 108 valence electrons. The summed E-state index contributed by atoms with van der Waals surface area (Å²) in [7, 11) is 0. The number of benzene rings is 1. The van der Waals surface area contributed by atoms with Crippen LogP contribution in [0.2, 0.25) is 0 Å². The first-order valence-corrected chi connectivity index (χ1v) is 5.51. The molecule has 0 saturated carbocycles. The fourth-order valence-electron chi connectivity index (χ4n) is 1.29. The number of hydrogen-bond donors (Lipinski definition) is 1. The molecule has 0 spiro atoms. The molecular weight excluding hydrogens is 258 g/mol. The highest BCUT2D eigenvalue weighted by molar-refractivity contribution is 5.71. The van der Waals surface area contributed by atoms with Crippen molar-refractivity contribution in [3.05, 3.63) is 60.7 Å². The predicted molar refractivity (Wildman–Crippen MR) is 71.6 cm³/mol. The van der Waals surface area contributed by atoms with E-state index in [-0.39, 0.29) is 19.6 Å². The first-order chi connectivity index (χ1) is 9.13. The molecule has 5 heteroatoms. The second-order valence-corrected chi connectivity index (χ2v) is 3.52. The van der Waals surface area contributed by atoms with Crippen LogP contribution in [0.15, 0.2) is 60.7 Å². The largest absolute Gasteiger partial charge is 0.549 e. The lowest BCUT2D eigenvalue weighted by molar-refractivity contribution is -0.417. The van der Waals surface area contributed by atoms with Crippen LogP contribution >= 0.6 is 0 Å². The molecule has 0 heterocycles. The number of quaternary nitrogens is 1. The molecule has 0 amide bonds. The van der Waals surface area contributed by atoms with Crippen LogP contribution in [0.3, 0.4) is 0 Å². The molecule has 1 aromatic rings. The Bertz CT molecular complexity index is 421. The maximum atomic E-state index is 10.3. The number of carboxylic acid groups (broad SMARTS) is 1. The fraction of sp³-hybridized carbons (Fsp3) is 0.200. The second-order valence-electron chi connectivity index (χ2n) is 3.52. The Labute approximate surface area is 118 Å². The van der Waals surface area contributed by atoms with Gasteiger partial charge in [-0.3, -0.25) is 0 Å². The number of aliphatic carboxylic acids is 1. The van der Waals surface area contributed by atoms with Crippen LogP contribution in [0.1, 0.15) is 7.43 Å². The molecule has 2 unspecified atom stereocenters. The minimum Gasteiger partial charge on any atom is -0.549 e. The molecule has 1 aliphatic rings. The van der Waals surface area contributed by atoms with Crippen molar-refractivity contribution < 1.29 is 25.2 Å². The summed E-state index contributed by atoms with van der Waals surface area (Å²) in [6.45, 7) is 0. The van der Waals surface area contributed by atoms with Gasteiger partial charge >= 0.3 is 6.15 Å². The van der Waals surface area contributed by atoms with Gasteiger partial charge in [-0.15, -0.1) is 0 Å². The second kappa shape index (κ2) is 13.0. The lowest BCUT2D eigenvalue weighted by atomic mass is 9.96. The summed E-state index contributed by atoms with van der Waals surface area (Å²) in [5.74, 6) is -1.61. The summed E-state index contributed by atoms with van der Waals surface area (Å²) in [5, 5.41) is 10.3. The number of carboxylic acids is 1. The van der Waals surface area contributed by atoms with Crippen LogP contribution in [0.25, 0.3) is 0 Å². The smallest absolute Gasteiger partial charge is 0.373 e. The summed E-state index contributed by atoms with van der Waals surface area (Å²) in [4.78, 5) is 26.6. The van der Waals surface area contributed by atoms with Crippen LogP contribution in [-0.2, 0) is 14.4 Å². The van der Waals surface area contributed by atoms with E-state index in [1.807, 2.05) is 36.4 Å². The fourth-order valence-corrected chi connectivity index (χ4v) is 1.29. The minimum atomic E-state index is -1.06. The molecule has 1 aromatic carbocycles. The molecule has 0 fully saturated rings. The molecule has 2 atom stereocenters. The average Bonchev–Trinajstić information content (AvgIpc) is 2.42. The van der Waals surface area contributed by atoms with Crippen LogP contribution in [0.4, 0.5) is 0 Å². The molecule has 3 N–H and O–H groups in total. The summed E-state index contributed by atoms with van der Waals surface area (Å²) in [6.07, 6.45) is 7.08. The van der Waals surface area contributed by atoms with E-state index in [4.69, 9.17) is 9.59 Å². The van der Waals surface area contributed by atoms with E-state index < -0.39 is 11.9 Å². The van der Waals surface area contributed by atoms with Crippen molar-refractivity contribution in [2.75, 3.05) is 0 Å². The van der Waals surface area contributed by atoms with Gasteiger partial charge in [0.2, 0.25) is 0 Å². The zero-order valence-electron chi connectivity index (χ0n) is 10.3. The van der Waals surface area contributed by atoms with Gasteiger partial charge in [-0.25, -0.2) is 0 Å². The number of carbonyl (C=O) groups is 1. The average molecular weight is 277 g/mol. The monoisotopic (exact) mass is 277 g/mol. The van der Waals surface area contributed by atoms with E-state index in [0.717, 1.165) is 0 Å². The van der Waals surface area contributed by atoms with Gasteiger partial charge in [-0.1, -0.05) is 62.1 Å². The van der Waals surface area contributed by atoms with E-state index in [1.165, 1.54) is 0 Å². The van der Waals surface area contributed by atoms with Crippen LogP contribution in [0.5, 0.6) is 0 Å². The lowest BCUT2D eigenvalue weighted by Gasteiger charge is -2.17. The molecule has 2 rings (SSSR count). The van der Waals surface area contributed by atoms with Gasteiger partial charge in [0.15, 0.2) is 0 Å².